The highest BCUT2D eigenvalue weighted by Gasteiger charge is 2.38. The van der Waals surface area contributed by atoms with E-state index >= 15 is 0 Å². The van der Waals surface area contributed by atoms with Crippen LogP contribution in [0.4, 0.5) is 0 Å². The van der Waals surface area contributed by atoms with Gasteiger partial charge in [0.2, 0.25) is 5.91 Å². The first-order chi connectivity index (χ1) is 9.16. The van der Waals surface area contributed by atoms with E-state index in [2.05, 4.69) is 48.3 Å². The third-order valence-electron chi connectivity index (χ3n) is 4.40. The first-order valence-corrected chi connectivity index (χ1v) is 7.31. The molecule has 1 saturated heterocycles. The minimum Gasteiger partial charge on any atom is -0.319 e. The van der Waals surface area contributed by atoms with E-state index < -0.39 is 0 Å². The fourth-order valence-electron chi connectivity index (χ4n) is 2.94. The third-order valence-corrected chi connectivity index (χ3v) is 4.40. The van der Waals surface area contributed by atoms with Gasteiger partial charge < -0.3 is 4.90 Å². The molecule has 0 spiro atoms. The van der Waals surface area contributed by atoms with Crippen LogP contribution in [0.15, 0.2) is 24.3 Å². The molecule has 1 unspecified atom stereocenters. The Morgan fingerprint density at radius 3 is 2.42 bits per heavy atom. The fourth-order valence-corrected chi connectivity index (χ4v) is 2.94. The molecule has 1 heterocycles. The number of rotatable bonds is 3. The fraction of sp³-hybridized carbons (Fsp3) is 0.562. The highest BCUT2D eigenvalue weighted by molar-refractivity contribution is 5.81. The Morgan fingerprint density at radius 1 is 1.21 bits per heavy atom. The molecule has 3 rings (SSSR count). The average Bonchev–Trinajstić information content (AvgIpc) is 2.70. The molecule has 0 aromatic heterocycles. The molecule has 1 saturated carbocycles. The Morgan fingerprint density at radius 2 is 1.89 bits per heavy atom. The Hall–Kier alpha value is -1.35. The minimum absolute atomic E-state index is 0.0824. The Kier molecular flexibility index (Phi) is 3.31. The molecule has 3 nitrogen and oxygen atoms in total. The second-order valence-corrected chi connectivity index (χ2v) is 5.99. The molecule has 1 aliphatic carbocycles. The lowest BCUT2D eigenvalue weighted by Crippen LogP contribution is -2.43. The van der Waals surface area contributed by atoms with Crippen molar-refractivity contribution < 1.29 is 4.79 Å². The van der Waals surface area contributed by atoms with E-state index in [1.165, 1.54) is 17.5 Å². The van der Waals surface area contributed by atoms with E-state index in [1.807, 2.05) is 0 Å². The zero-order valence-corrected chi connectivity index (χ0v) is 11.7. The van der Waals surface area contributed by atoms with E-state index in [1.54, 1.807) is 0 Å². The summed E-state index contributed by atoms with van der Waals surface area (Å²) in [4.78, 5) is 14.1. The second kappa shape index (κ2) is 4.97. The van der Waals surface area contributed by atoms with Crippen LogP contribution in [0.1, 0.15) is 56.3 Å². The number of nitrogens with one attached hydrogen (secondary N) is 1. The number of hydrogen-bond donors (Lipinski definition) is 1. The van der Waals surface area contributed by atoms with E-state index in [4.69, 9.17) is 0 Å². The third kappa shape index (κ3) is 2.27. The van der Waals surface area contributed by atoms with Crippen LogP contribution in [-0.4, -0.2) is 23.4 Å². The smallest absolute Gasteiger partial charge is 0.238 e. The largest absolute Gasteiger partial charge is 0.319 e. The van der Waals surface area contributed by atoms with E-state index in [0.29, 0.717) is 18.5 Å². The van der Waals surface area contributed by atoms with Gasteiger partial charge in [0.15, 0.2) is 0 Å². The van der Waals surface area contributed by atoms with Crippen LogP contribution in [0.25, 0.3) is 0 Å². The Bertz CT molecular complexity index is 462. The van der Waals surface area contributed by atoms with Crippen LogP contribution < -0.4 is 5.32 Å². The summed E-state index contributed by atoms with van der Waals surface area (Å²) in [5.74, 6) is 0.803. The van der Waals surface area contributed by atoms with Crippen molar-refractivity contribution >= 4 is 5.91 Å². The lowest BCUT2D eigenvalue weighted by Gasteiger charge is -2.38. The zero-order valence-electron chi connectivity index (χ0n) is 11.7. The maximum Gasteiger partial charge on any atom is 0.238 e. The first-order valence-electron chi connectivity index (χ1n) is 7.31. The van der Waals surface area contributed by atoms with Crippen LogP contribution in [0.5, 0.6) is 0 Å². The summed E-state index contributed by atoms with van der Waals surface area (Å²) in [6.07, 6.45) is 3.66. The summed E-state index contributed by atoms with van der Waals surface area (Å²) in [5.41, 5.74) is 2.56. The van der Waals surface area contributed by atoms with Crippen molar-refractivity contribution in [1.82, 2.24) is 10.2 Å². The SMILES string of the molecule is CC(C)c1ccc(C2NCC(=O)N2C2CCC2)cc1. The van der Waals surface area contributed by atoms with Crippen molar-refractivity contribution in [2.24, 2.45) is 0 Å². The van der Waals surface area contributed by atoms with Gasteiger partial charge in [-0.05, 0) is 36.3 Å². The maximum atomic E-state index is 12.0. The van der Waals surface area contributed by atoms with Gasteiger partial charge in [-0.2, -0.15) is 0 Å². The average molecular weight is 258 g/mol. The number of carbonyl (C=O) groups is 1. The molecule has 19 heavy (non-hydrogen) atoms. The summed E-state index contributed by atoms with van der Waals surface area (Å²) >= 11 is 0. The standard InChI is InChI=1S/C16H22N2O/c1-11(2)12-6-8-13(9-7-12)16-17-10-15(19)18(16)14-4-3-5-14/h6-9,11,14,16-17H,3-5,10H2,1-2H3. The van der Waals surface area contributed by atoms with E-state index in [9.17, 15) is 4.79 Å². The van der Waals surface area contributed by atoms with Gasteiger partial charge in [0.1, 0.15) is 6.17 Å². The van der Waals surface area contributed by atoms with Gasteiger partial charge in [0.25, 0.3) is 0 Å². The molecule has 1 N–H and O–H groups in total. The molecular weight excluding hydrogens is 236 g/mol. The number of benzene rings is 1. The van der Waals surface area contributed by atoms with Crippen LogP contribution in [0.3, 0.4) is 0 Å². The topological polar surface area (TPSA) is 32.3 Å². The molecule has 1 atom stereocenters. The van der Waals surface area contributed by atoms with Crippen molar-refractivity contribution in [2.75, 3.05) is 6.54 Å². The molecule has 0 radical (unpaired) electrons. The van der Waals surface area contributed by atoms with Crippen LogP contribution in [0.2, 0.25) is 0 Å². The molecular formula is C16H22N2O. The Labute approximate surface area is 115 Å². The highest BCUT2D eigenvalue weighted by atomic mass is 16.2. The normalized spacial score (nSPS) is 24.1. The predicted molar refractivity (Wildman–Crippen MR) is 75.8 cm³/mol. The number of amides is 1. The molecule has 1 amide bonds. The molecule has 1 aromatic carbocycles. The molecule has 2 fully saturated rings. The summed E-state index contributed by atoms with van der Waals surface area (Å²) in [6, 6.07) is 9.15. The molecule has 102 valence electrons. The maximum absolute atomic E-state index is 12.0. The van der Waals surface area contributed by atoms with Crippen molar-refractivity contribution in [1.29, 1.82) is 0 Å². The monoisotopic (exact) mass is 258 g/mol. The van der Waals surface area contributed by atoms with Gasteiger partial charge in [-0.15, -0.1) is 0 Å². The van der Waals surface area contributed by atoms with Crippen LogP contribution in [0, 0.1) is 0 Å². The van der Waals surface area contributed by atoms with Crippen molar-refractivity contribution in [2.45, 2.75) is 51.2 Å². The second-order valence-electron chi connectivity index (χ2n) is 5.99. The summed E-state index contributed by atoms with van der Waals surface area (Å²) in [7, 11) is 0. The quantitative estimate of drug-likeness (QED) is 0.904. The van der Waals surface area contributed by atoms with Crippen molar-refractivity contribution in [3.05, 3.63) is 35.4 Å². The lowest BCUT2D eigenvalue weighted by atomic mass is 9.90. The molecule has 1 aliphatic heterocycles. The minimum atomic E-state index is 0.0824. The van der Waals surface area contributed by atoms with Crippen LogP contribution >= 0.6 is 0 Å². The molecule has 2 aliphatic rings. The van der Waals surface area contributed by atoms with Crippen molar-refractivity contribution in [3.63, 3.8) is 0 Å². The van der Waals surface area contributed by atoms with Crippen LogP contribution in [-0.2, 0) is 4.79 Å². The summed E-state index contributed by atoms with van der Waals surface area (Å²) in [6.45, 7) is 4.88. The van der Waals surface area contributed by atoms with Gasteiger partial charge in [-0.25, -0.2) is 0 Å². The van der Waals surface area contributed by atoms with Crippen molar-refractivity contribution in [3.8, 4) is 0 Å². The first kappa shape index (κ1) is 12.7. The molecule has 3 heteroatoms. The van der Waals surface area contributed by atoms with Gasteiger partial charge >= 0.3 is 0 Å². The molecule has 0 bridgehead atoms. The summed E-state index contributed by atoms with van der Waals surface area (Å²) in [5, 5.41) is 3.35. The van der Waals surface area contributed by atoms with Gasteiger partial charge in [0.05, 0.1) is 6.54 Å². The van der Waals surface area contributed by atoms with E-state index in [0.717, 1.165) is 12.8 Å². The van der Waals surface area contributed by atoms with Gasteiger partial charge in [-0.1, -0.05) is 38.1 Å². The number of carbonyl (C=O) groups excluding carboxylic acids is 1. The number of hydrogen-bond acceptors (Lipinski definition) is 2. The van der Waals surface area contributed by atoms with Gasteiger partial charge in [-0.3, -0.25) is 10.1 Å². The molecule has 1 aromatic rings. The Balaban J connectivity index is 1.81. The summed E-state index contributed by atoms with van der Waals surface area (Å²) < 4.78 is 0. The lowest BCUT2D eigenvalue weighted by molar-refractivity contribution is -0.132. The van der Waals surface area contributed by atoms with E-state index in [-0.39, 0.29) is 12.1 Å². The number of nitrogens with zero attached hydrogens (tertiary/aromatic N) is 1. The van der Waals surface area contributed by atoms with Gasteiger partial charge in [0, 0.05) is 6.04 Å². The predicted octanol–water partition coefficient (Wildman–Crippen LogP) is 2.79. The highest BCUT2D eigenvalue weighted by Crippen LogP contribution is 2.33. The zero-order chi connectivity index (χ0) is 13.4.